The Hall–Kier alpha value is -0.870. The van der Waals surface area contributed by atoms with Crippen molar-refractivity contribution < 1.29 is 15.0 Å². The Morgan fingerprint density at radius 1 is 0.451 bits per heavy atom. The van der Waals surface area contributed by atoms with Gasteiger partial charge in [-0.3, -0.25) is 4.79 Å². The molecule has 0 saturated heterocycles. The normalized spacial score (nSPS) is 12.9. The van der Waals surface area contributed by atoms with E-state index < -0.39 is 12.1 Å². The van der Waals surface area contributed by atoms with E-state index in [9.17, 15) is 15.0 Å². The fourth-order valence-electron chi connectivity index (χ4n) is 7.42. The van der Waals surface area contributed by atoms with E-state index in [1.807, 2.05) is 6.08 Å². The van der Waals surface area contributed by atoms with Gasteiger partial charge in [0.15, 0.2) is 0 Å². The van der Waals surface area contributed by atoms with Gasteiger partial charge in [0.25, 0.3) is 0 Å². The van der Waals surface area contributed by atoms with Gasteiger partial charge < -0.3 is 15.5 Å². The highest BCUT2D eigenvalue weighted by Crippen LogP contribution is 2.17. The van der Waals surface area contributed by atoms with E-state index in [0.717, 1.165) is 25.7 Å². The number of aliphatic hydroxyl groups is 2. The highest BCUT2D eigenvalue weighted by Gasteiger charge is 2.18. The minimum absolute atomic E-state index is 0.0600. The van der Waals surface area contributed by atoms with E-state index in [1.165, 1.54) is 218 Å². The smallest absolute Gasteiger partial charge is 0.220 e. The van der Waals surface area contributed by atoms with E-state index in [0.29, 0.717) is 6.42 Å². The maximum absolute atomic E-state index is 12.4. The summed E-state index contributed by atoms with van der Waals surface area (Å²) in [5.74, 6) is -0.0600. The SMILES string of the molecule is CCCCCCCCCCC/C=C/C(O)C(CO)NC(=O)CCCCCCCCCCCCCCCCCCCCCCCCCCCCCC. The van der Waals surface area contributed by atoms with Gasteiger partial charge >= 0.3 is 0 Å². The first-order chi connectivity index (χ1) is 25.2. The molecule has 0 bridgehead atoms. The van der Waals surface area contributed by atoms with Crippen LogP contribution in [0.3, 0.4) is 0 Å². The largest absolute Gasteiger partial charge is 0.394 e. The van der Waals surface area contributed by atoms with Crippen LogP contribution in [-0.2, 0) is 4.79 Å². The van der Waals surface area contributed by atoms with Crippen molar-refractivity contribution in [3.63, 3.8) is 0 Å². The van der Waals surface area contributed by atoms with Crippen molar-refractivity contribution in [3.05, 3.63) is 12.2 Å². The van der Waals surface area contributed by atoms with Crippen LogP contribution in [0.1, 0.15) is 264 Å². The second kappa shape index (κ2) is 43.5. The minimum atomic E-state index is -0.832. The molecule has 0 spiro atoms. The number of unbranched alkanes of at least 4 members (excludes halogenated alkanes) is 36. The van der Waals surface area contributed by atoms with Gasteiger partial charge in [0.2, 0.25) is 5.91 Å². The molecule has 0 aliphatic heterocycles. The van der Waals surface area contributed by atoms with Gasteiger partial charge in [0, 0.05) is 6.42 Å². The summed E-state index contributed by atoms with van der Waals surface area (Å²) >= 11 is 0. The van der Waals surface area contributed by atoms with Crippen molar-refractivity contribution in [2.45, 2.75) is 276 Å². The van der Waals surface area contributed by atoms with Crippen molar-refractivity contribution >= 4 is 5.91 Å². The summed E-state index contributed by atoms with van der Waals surface area (Å²) in [7, 11) is 0. The molecule has 4 heteroatoms. The van der Waals surface area contributed by atoms with Crippen LogP contribution in [-0.4, -0.2) is 34.9 Å². The lowest BCUT2D eigenvalue weighted by Gasteiger charge is -2.20. The monoisotopic (exact) mass is 720 g/mol. The number of amides is 1. The van der Waals surface area contributed by atoms with Crippen LogP contribution in [0.15, 0.2) is 12.2 Å². The summed E-state index contributed by atoms with van der Waals surface area (Å²) in [6.07, 6.45) is 54.9. The predicted octanol–water partition coefficient (Wildman–Crippen LogP) is 14.6. The predicted molar refractivity (Wildman–Crippen MR) is 226 cm³/mol. The molecule has 0 radical (unpaired) electrons. The van der Waals surface area contributed by atoms with Crippen molar-refractivity contribution in [2.24, 2.45) is 0 Å². The molecule has 4 nitrogen and oxygen atoms in total. The summed E-state index contributed by atoms with van der Waals surface area (Å²) in [6, 6.07) is -0.615. The van der Waals surface area contributed by atoms with E-state index in [2.05, 4.69) is 19.2 Å². The number of hydrogen-bond donors (Lipinski definition) is 3. The van der Waals surface area contributed by atoms with Crippen LogP contribution in [0.25, 0.3) is 0 Å². The standard InChI is InChI=1S/C47H93NO3/c1-3-5-7-9-11-13-15-16-17-18-19-20-21-22-23-24-25-26-27-28-29-30-31-33-35-37-39-41-43-47(51)48-45(44-49)46(50)42-40-38-36-34-32-14-12-10-8-6-4-2/h40,42,45-46,49-50H,3-39,41,43-44H2,1-2H3,(H,48,51)/b42-40+. The number of aliphatic hydroxyl groups excluding tert-OH is 2. The molecule has 3 N–H and O–H groups in total. The topological polar surface area (TPSA) is 69.6 Å². The summed E-state index contributed by atoms with van der Waals surface area (Å²) in [6.45, 7) is 4.32. The molecule has 1 amide bonds. The Morgan fingerprint density at radius 3 is 1.02 bits per heavy atom. The fraction of sp³-hybridized carbons (Fsp3) is 0.936. The molecule has 0 aliphatic rings. The first kappa shape index (κ1) is 50.1. The molecule has 2 unspecified atom stereocenters. The third-order valence-corrected chi connectivity index (χ3v) is 11.0. The Kier molecular flexibility index (Phi) is 42.8. The molecule has 2 atom stereocenters. The molecule has 0 aromatic heterocycles. The molecule has 304 valence electrons. The lowest BCUT2D eigenvalue weighted by molar-refractivity contribution is -0.123. The van der Waals surface area contributed by atoms with Crippen LogP contribution in [0.5, 0.6) is 0 Å². The average molecular weight is 720 g/mol. The summed E-state index contributed by atoms with van der Waals surface area (Å²) in [5.41, 5.74) is 0. The molecular weight excluding hydrogens is 627 g/mol. The summed E-state index contributed by atoms with van der Waals surface area (Å²) in [4.78, 5) is 12.4. The van der Waals surface area contributed by atoms with E-state index in [1.54, 1.807) is 6.08 Å². The maximum atomic E-state index is 12.4. The molecular formula is C47H93NO3. The second-order valence-electron chi connectivity index (χ2n) is 16.2. The number of carbonyl (C=O) groups excluding carboxylic acids is 1. The third kappa shape index (κ3) is 40.2. The Bertz CT molecular complexity index is 695. The lowest BCUT2D eigenvalue weighted by Crippen LogP contribution is -2.45. The van der Waals surface area contributed by atoms with Gasteiger partial charge in [-0.05, 0) is 19.3 Å². The molecule has 0 heterocycles. The summed E-state index contributed by atoms with van der Waals surface area (Å²) in [5, 5.41) is 22.9. The van der Waals surface area contributed by atoms with Crippen LogP contribution in [0, 0.1) is 0 Å². The Morgan fingerprint density at radius 2 is 0.725 bits per heavy atom. The van der Waals surface area contributed by atoms with Gasteiger partial charge in [-0.25, -0.2) is 0 Å². The fourth-order valence-corrected chi connectivity index (χ4v) is 7.42. The lowest BCUT2D eigenvalue weighted by atomic mass is 10.0. The zero-order valence-corrected chi connectivity index (χ0v) is 34.9. The Labute approximate surface area is 320 Å². The minimum Gasteiger partial charge on any atom is -0.394 e. The average Bonchev–Trinajstić information content (AvgIpc) is 3.13. The van der Waals surface area contributed by atoms with Crippen molar-refractivity contribution in [2.75, 3.05) is 6.61 Å². The molecule has 0 aromatic carbocycles. The van der Waals surface area contributed by atoms with E-state index in [-0.39, 0.29) is 12.5 Å². The molecule has 0 fully saturated rings. The van der Waals surface area contributed by atoms with E-state index in [4.69, 9.17) is 0 Å². The van der Waals surface area contributed by atoms with Crippen molar-refractivity contribution in [1.29, 1.82) is 0 Å². The van der Waals surface area contributed by atoms with Gasteiger partial charge in [-0.1, -0.05) is 251 Å². The first-order valence-electron chi connectivity index (χ1n) is 23.4. The molecule has 51 heavy (non-hydrogen) atoms. The van der Waals surface area contributed by atoms with Crippen LogP contribution < -0.4 is 5.32 Å². The second-order valence-corrected chi connectivity index (χ2v) is 16.2. The molecule has 0 rings (SSSR count). The van der Waals surface area contributed by atoms with Crippen molar-refractivity contribution in [3.8, 4) is 0 Å². The third-order valence-electron chi connectivity index (χ3n) is 11.0. The highest BCUT2D eigenvalue weighted by atomic mass is 16.3. The molecule has 0 aromatic rings. The van der Waals surface area contributed by atoms with Gasteiger partial charge in [-0.2, -0.15) is 0 Å². The van der Waals surface area contributed by atoms with Gasteiger partial charge in [0.05, 0.1) is 18.8 Å². The number of hydrogen-bond acceptors (Lipinski definition) is 3. The van der Waals surface area contributed by atoms with E-state index >= 15 is 0 Å². The molecule has 0 aliphatic carbocycles. The van der Waals surface area contributed by atoms with Crippen LogP contribution in [0.2, 0.25) is 0 Å². The van der Waals surface area contributed by atoms with Gasteiger partial charge in [-0.15, -0.1) is 0 Å². The number of nitrogens with one attached hydrogen (secondary N) is 1. The van der Waals surface area contributed by atoms with Gasteiger partial charge in [0.1, 0.15) is 0 Å². The Balaban J connectivity index is 3.41. The first-order valence-corrected chi connectivity index (χ1v) is 23.4. The zero-order valence-electron chi connectivity index (χ0n) is 34.9. The zero-order chi connectivity index (χ0) is 37.1. The van der Waals surface area contributed by atoms with Crippen LogP contribution >= 0.6 is 0 Å². The van der Waals surface area contributed by atoms with Crippen molar-refractivity contribution in [1.82, 2.24) is 5.32 Å². The number of allylic oxidation sites excluding steroid dienone is 1. The maximum Gasteiger partial charge on any atom is 0.220 e. The quantitative estimate of drug-likeness (QED) is 0.0434. The number of rotatable bonds is 43. The summed E-state index contributed by atoms with van der Waals surface area (Å²) < 4.78 is 0. The highest BCUT2D eigenvalue weighted by molar-refractivity contribution is 5.76. The van der Waals surface area contributed by atoms with Crippen LogP contribution in [0.4, 0.5) is 0 Å². The molecule has 0 saturated carbocycles. The number of carbonyl (C=O) groups is 1.